The second kappa shape index (κ2) is 6.02. The molecule has 6 nitrogen and oxygen atoms in total. The number of anilines is 1. The first kappa shape index (κ1) is 14.5. The van der Waals surface area contributed by atoms with Gasteiger partial charge < -0.3 is 4.74 Å². The molecule has 1 fully saturated rings. The maximum atomic E-state index is 12.2. The summed E-state index contributed by atoms with van der Waals surface area (Å²) in [5.74, 6) is -1.20. The van der Waals surface area contributed by atoms with Crippen molar-refractivity contribution in [2.75, 3.05) is 18.6 Å². The Labute approximate surface area is 120 Å². The normalized spacial score (nSPS) is 18.5. The van der Waals surface area contributed by atoms with Crippen LogP contribution in [0.25, 0.3) is 0 Å². The average molecular weight is 297 g/mol. The molecule has 1 heterocycles. The van der Waals surface area contributed by atoms with Crippen molar-refractivity contribution in [2.24, 2.45) is 0 Å². The summed E-state index contributed by atoms with van der Waals surface area (Å²) < 4.78 is 4.47. The van der Waals surface area contributed by atoms with Crippen LogP contribution >= 0.6 is 11.6 Å². The van der Waals surface area contributed by atoms with Gasteiger partial charge in [-0.2, -0.15) is 0 Å². The van der Waals surface area contributed by atoms with Gasteiger partial charge in [-0.1, -0.05) is 11.6 Å². The number of benzene rings is 1. The van der Waals surface area contributed by atoms with E-state index in [-0.39, 0.29) is 24.8 Å². The number of halogens is 1. The number of nitrogens with one attached hydrogen (secondary N) is 1. The van der Waals surface area contributed by atoms with E-state index in [9.17, 15) is 14.4 Å². The molecule has 7 heteroatoms. The monoisotopic (exact) mass is 296 g/mol. The molecule has 1 aromatic rings. The van der Waals surface area contributed by atoms with E-state index in [1.807, 2.05) is 0 Å². The number of carbonyl (C=O) groups excluding carboxylic acids is 3. The number of methoxy groups -OCH3 is 1. The molecule has 1 saturated heterocycles. The minimum absolute atomic E-state index is 0.0124. The zero-order chi connectivity index (χ0) is 14.7. The standard InChI is InChI=1S/C13H13ClN2O4/c1-20-12(18)7-15-10-6-11(17)16(13(10)19)9-4-2-8(14)3-5-9/h2-5,10,15H,6-7H2,1H3/t10-/m1/s1. The van der Waals surface area contributed by atoms with Crippen LogP contribution in [0.3, 0.4) is 0 Å². The minimum Gasteiger partial charge on any atom is -0.468 e. The summed E-state index contributed by atoms with van der Waals surface area (Å²) in [4.78, 5) is 36.2. The lowest BCUT2D eigenvalue weighted by molar-refractivity contribution is -0.139. The van der Waals surface area contributed by atoms with Crippen molar-refractivity contribution in [3.05, 3.63) is 29.3 Å². The summed E-state index contributed by atoms with van der Waals surface area (Å²) in [6.45, 7) is -0.116. The number of rotatable bonds is 4. The summed E-state index contributed by atoms with van der Waals surface area (Å²) in [7, 11) is 1.26. The molecule has 2 rings (SSSR count). The molecule has 2 amide bonds. The molecule has 1 aromatic carbocycles. The molecule has 0 radical (unpaired) electrons. The number of hydrogen-bond donors (Lipinski definition) is 1. The van der Waals surface area contributed by atoms with Gasteiger partial charge in [-0.3, -0.25) is 19.7 Å². The molecule has 0 aliphatic carbocycles. The first-order chi connectivity index (χ1) is 9.52. The first-order valence-electron chi connectivity index (χ1n) is 5.95. The Hall–Kier alpha value is -1.92. The molecule has 0 spiro atoms. The Bertz CT molecular complexity index is 544. The van der Waals surface area contributed by atoms with Gasteiger partial charge in [-0.25, -0.2) is 4.90 Å². The van der Waals surface area contributed by atoms with Gasteiger partial charge in [0.15, 0.2) is 0 Å². The highest BCUT2D eigenvalue weighted by molar-refractivity contribution is 6.30. The third-order valence-corrected chi connectivity index (χ3v) is 3.20. The largest absolute Gasteiger partial charge is 0.468 e. The minimum atomic E-state index is -0.711. The van der Waals surface area contributed by atoms with E-state index < -0.39 is 12.0 Å². The van der Waals surface area contributed by atoms with E-state index in [1.165, 1.54) is 7.11 Å². The van der Waals surface area contributed by atoms with E-state index >= 15 is 0 Å². The number of ether oxygens (including phenoxy) is 1. The van der Waals surface area contributed by atoms with Crippen molar-refractivity contribution in [2.45, 2.75) is 12.5 Å². The number of carbonyl (C=O) groups is 3. The Balaban J connectivity index is 2.09. The predicted octanol–water partition coefficient (Wildman–Crippen LogP) is 0.734. The Morgan fingerprint density at radius 1 is 1.40 bits per heavy atom. The Morgan fingerprint density at radius 3 is 2.65 bits per heavy atom. The van der Waals surface area contributed by atoms with Gasteiger partial charge in [0.1, 0.15) is 0 Å². The van der Waals surface area contributed by atoms with Crippen molar-refractivity contribution in [1.29, 1.82) is 0 Å². The number of imide groups is 1. The van der Waals surface area contributed by atoms with E-state index in [0.29, 0.717) is 10.7 Å². The molecular weight excluding hydrogens is 284 g/mol. The van der Waals surface area contributed by atoms with Crippen LogP contribution in [0.1, 0.15) is 6.42 Å². The maximum Gasteiger partial charge on any atom is 0.319 e. The number of amides is 2. The third kappa shape index (κ3) is 2.97. The summed E-state index contributed by atoms with van der Waals surface area (Å²) in [5.41, 5.74) is 0.465. The molecule has 0 aromatic heterocycles. The zero-order valence-corrected chi connectivity index (χ0v) is 11.5. The molecule has 106 valence electrons. The van der Waals surface area contributed by atoms with Crippen molar-refractivity contribution in [3.63, 3.8) is 0 Å². The lowest BCUT2D eigenvalue weighted by atomic mass is 10.2. The molecule has 20 heavy (non-hydrogen) atoms. The van der Waals surface area contributed by atoms with Crippen molar-refractivity contribution in [3.8, 4) is 0 Å². The first-order valence-corrected chi connectivity index (χ1v) is 6.33. The Morgan fingerprint density at radius 2 is 2.05 bits per heavy atom. The SMILES string of the molecule is COC(=O)CN[C@@H]1CC(=O)N(c2ccc(Cl)cc2)C1=O. The van der Waals surface area contributed by atoms with Crippen LogP contribution in [0, 0.1) is 0 Å². The van der Waals surface area contributed by atoms with Gasteiger partial charge in [0.25, 0.3) is 5.91 Å². The predicted molar refractivity (Wildman–Crippen MR) is 72.4 cm³/mol. The van der Waals surface area contributed by atoms with Crippen LogP contribution in [0.5, 0.6) is 0 Å². The van der Waals surface area contributed by atoms with Crippen LogP contribution in [0.4, 0.5) is 5.69 Å². The fourth-order valence-electron chi connectivity index (χ4n) is 1.93. The molecule has 1 aliphatic rings. The highest BCUT2D eigenvalue weighted by Gasteiger charge is 2.39. The van der Waals surface area contributed by atoms with Crippen LogP contribution in [-0.2, 0) is 19.1 Å². The van der Waals surface area contributed by atoms with Crippen molar-refractivity contribution < 1.29 is 19.1 Å². The second-order valence-electron chi connectivity index (χ2n) is 4.26. The van der Waals surface area contributed by atoms with Crippen molar-refractivity contribution in [1.82, 2.24) is 5.32 Å². The molecule has 1 atom stereocenters. The zero-order valence-electron chi connectivity index (χ0n) is 10.8. The lowest BCUT2D eigenvalue weighted by Gasteiger charge is -2.15. The van der Waals surface area contributed by atoms with Gasteiger partial charge in [-0.05, 0) is 24.3 Å². The molecule has 0 saturated carbocycles. The van der Waals surface area contributed by atoms with Gasteiger partial charge in [0, 0.05) is 5.02 Å². The highest BCUT2D eigenvalue weighted by atomic mass is 35.5. The quantitative estimate of drug-likeness (QED) is 0.655. The van der Waals surface area contributed by atoms with Crippen molar-refractivity contribution >= 4 is 35.1 Å². The van der Waals surface area contributed by atoms with Gasteiger partial charge >= 0.3 is 5.97 Å². The number of hydrogen-bond acceptors (Lipinski definition) is 5. The molecule has 0 bridgehead atoms. The van der Waals surface area contributed by atoms with Crippen LogP contribution in [0.2, 0.25) is 5.02 Å². The molecular formula is C13H13ClN2O4. The van der Waals surface area contributed by atoms with Gasteiger partial charge in [-0.15, -0.1) is 0 Å². The van der Waals surface area contributed by atoms with Crippen LogP contribution in [-0.4, -0.2) is 37.5 Å². The highest BCUT2D eigenvalue weighted by Crippen LogP contribution is 2.24. The van der Waals surface area contributed by atoms with E-state index in [4.69, 9.17) is 11.6 Å². The second-order valence-corrected chi connectivity index (χ2v) is 4.69. The molecule has 1 aliphatic heterocycles. The van der Waals surface area contributed by atoms with Crippen LogP contribution < -0.4 is 10.2 Å². The summed E-state index contributed by atoms with van der Waals surface area (Å²) in [6.07, 6.45) is 0.0124. The number of nitrogens with zero attached hydrogens (tertiary/aromatic N) is 1. The summed E-state index contributed by atoms with van der Waals surface area (Å²) >= 11 is 5.77. The van der Waals surface area contributed by atoms with Gasteiger partial charge in [0.2, 0.25) is 5.91 Å². The van der Waals surface area contributed by atoms with E-state index in [0.717, 1.165) is 4.90 Å². The molecule has 0 unspecified atom stereocenters. The number of esters is 1. The third-order valence-electron chi connectivity index (χ3n) is 2.95. The fraction of sp³-hybridized carbons (Fsp3) is 0.308. The van der Waals surface area contributed by atoms with Crippen LogP contribution in [0.15, 0.2) is 24.3 Å². The lowest BCUT2D eigenvalue weighted by Crippen LogP contribution is -2.41. The maximum absolute atomic E-state index is 12.2. The summed E-state index contributed by atoms with van der Waals surface area (Å²) in [6, 6.07) is 5.69. The average Bonchev–Trinajstić information content (AvgIpc) is 2.72. The fourth-order valence-corrected chi connectivity index (χ4v) is 2.06. The smallest absolute Gasteiger partial charge is 0.319 e. The topological polar surface area (TPSA) is 75.7 Å². The van der Waals surface area contributed by atoms with E-state index in [1.54, 1.807) is 24.3 Å². The molecule has 1 N–H and O–H groups in total. The Kier molecular flexibility index (Phi) is 4.36. The van der Waals surface area contributed by atoms with E-state index in [2.05, 4.69) is 10.1 Å². The summed E-state index contributed by atoms with van der Waals surface area (Å²) in [5, 5.41) is 3.23. The van der Waals surface area contributed by atoms with Gasteiger partial charge in [0.05, 0.1) is 31.8 Å².